The lowest BCUT2D eigenvalue weighted by atomic mass is 9.84. The Hall–Kier alpha value is -0.0900. The van der Waals surface area contributed by atoms with Crippen molar-refractivity contribution in [2.75, 3.05) is 11.0 Å². The van der Waals surface area contributed by atoms with Crippen LogP contribution in [0, 0.1) is 0 Å². The van der Waals surface area contributed by atoms with Crippen molar-refractivity contribution < 1.29 is 0 Å². The molecule has 1 rings (SSSR count). The number of nitrogens with two attached hydrogens (primary N) is 1. The molecular weight excluding hydrogens is 297 g/mol. The van der Waals surface area contributed by atoms with Gasteiger partial charge in [0.05, 0.1) is 0 Å². The quantitative estimate of drug-likeness (QED) is 0.668. The number of rotatable bonds is 4. The molecule has 0 aromatic heterocycles. The van der Waals surface area contributed by atoms with Crippen molar-refractivity contribution in [2.45, 2.75) is 32.1 Å². The Bertz CT molecular complexity index is 303. The summed E-state index contributed by atoms with van der Waals surface area (Å²) in [6.45, 7) is 7.32. The van der Waals surface area contributed by atoms with Gasteiger partial charge < -0.3 is 5.73 Å². The third-order valence-electron chi connectivity index (χ3n) is 3.00. The lowest BCUT2D eigenvalue weighted by Gasteiger charge is -2.23. The zero-order chi connectivity index (χ0) is 11.5. The SMILES string of the molecule is CC(CI)c1ccc(C(C)(C)CN)cc1. The highest BCUT2D eigenvalue weighted by Gasteiger charge is 2.18. The molecule has 0 amide bonds. The maximum absolute atomic E-state index is 5.76. The summed E-state index contributed by atoms with van der Waals surface area (Å²) >= 11 is 2.43. The Kier molecular flexibility index (Phi) is 4.59. The van der Waals surface area contributed by atoms with Gasteiger partial charge in [0, 0.05) is 16.4 Å². The van der Waals surface area contributed by atoms with E-state index in [1.54, 1.807) is 0 Å². The molecule has 1 aromatic carbocycles. The van der Waals surface area contributed by atoms with Crippen molar-refractivity contribution in [1.29, 1.82) is 0 Å². The maximum atomic E-state index is 5.76. The van der Waals surface area contributed by atoms with Crippen LogP contribution in [-0.2, 0) is 5.41 Å². The third-order valence-corrected chi connectivity index (χ3v) is 4.32. The van der Waals surface area contributed by atoms with Crippen molar-refractivity contribution >= 4 is 22.6 Å². The highest BCUT2D eigenvalue weighted by atomic mass is 127. The van der Waals surface area contributed by atoms with E-state index in [1.807, 2.05) is 0 Å². The van der Waals surface area contributed by atoms with E-state index < -0.39 is 0 Å². The second-order valence-electron chi connectivity index (χ2n) is 4.77. The van der Waals surface area contributed by atoms with Crippen molar-refractivity contribution in [3.8, 4) is 0 Å². The minimum Gasteiger partial charge on any atom is -0.330 e. The van der Waals surface area contributed by atoms with Crippen LogP contribution in [0.1, 0.15) is 37.8 Å². The average Bonchev–Trinajstić information content (AvgIpc) is 2.28. The standard InChI is InChI=1S/C13H20IN/c1-10(8-14)11-4-6-12(7-5-11)13(2,3)9-15/h4-7,10H,8-9,15H2,1-3H3. The van der Waals surface area contributed by atoms with Crippen LogP contribution in [0.2, 0.25) is 0 Å². The van der Waals surface area contributed by atoms with E-state index >= 15 is 0 Å². The van der Waals surface area contributed by atoms with Crippen LogP contribution in [0.15, 0.2) is 24.3 Å². The fraction of sp³-hybridized carbons (Fsp3) is 0.538. The van der Waals surface area contributed by atoms with Gasteiger partial charge >= 0.3 is 0 Å². The molecule has 84 valence electrons. The predicted octanol–water partition coefficient (Wildman–Crippen LogP) is 3.46. The molecule has 1 nitrogen and oxygen atoms in total. The molecular formula is C13H20IN. The third kappa shape index (κ3) is 3.18. The zero-order valence-corrected chi connectivity index (χ0v) is 11.9. The molecule has 1 atom stereocenters. The van der Waals surface area contributed by atoms with Gasteiger partial charge in [0.15, 0.2) is 0 Å². The van der Waals surface area contributed by atoms with Gasteiger partial charge in [-0.05, 0) is 17.0 Å². The van der Waals surface area contributed by atoms with E-state index in [0.29, 0.717) is 12.5 Å². The Morgan fingerprint density at radius 1 is 1.27 bits per heavy atom. The molecule has 15 heavy (non-hydrogen) atoms. The molecule has 0 bridgehead atoms. The summed E-state index contributed by atoms with van der Waals surface area (Å²) in [6.07, 6.45) is 0. The van der Waals surface area contributed by atoms with Gasteiger partial charge in [0.1, 0.15) is 0 Å². The summed E-state index contributed by atoms with van der Waals surface area (Å²) in [4.78, 5) is 0. The summed E-state index contributed by atoms with van der Waals surface area (Å²) in [5, 5.41) is 0. The van der Waals surface area contributed by atoms with Gasteiger partial charge in [0.25, 0.3) is 0 Å². The first-order valence-corrected chi connectivity index (χ1v) is 6.90. The van der Waals surface area contributed by atoms with E-state index in [2.05, 4.69) is 67.6 Å². The number of hydrogen-bond acceptors (Lipinski definition) is 1. The van der Waals surface area contributed by atoms with Crippen LogP contribution in [0.25, 0.3) is 0 Å². The molecule has 2 N–H and O–H groups in total. The van der Waals surface area contributed by atoms with Crippen molar-refractivity contribution in [2.24, 2.45) is 5.73 Å². The zero-order valence-electron chi connectivity index (χ0n) is 9.76. The first kappa shape index (κ1) is 13.0. The predicted molar refractivity (Wildman–Crippen MR) is 75.8 cm³/mol. The topological polar surface area (TPSA) is 26.0 Å². The molecule has 0 saturated heterocycles. The average molecular weight is 317 g/mol. The van der Waals surface area contributed by atoms with Gasteiger partial charge in [-0.1, -0.05) is 67.6 Å². The van der Waals surface area contributed by atoms with Crippen LogP contribution in [0.5, 0.6) is 0 Å². The highest BCUT2D eigenvalue weighted by molar-refractivity contribution is 14.1. The molecule has 1 aromatic rings. The first-order valence-electron chi connectivity index (χ1n) is 5.37. The number of benzene rings is 1. The second kappa shape index (κ2) is 5.30. The second-order valence-corrected chi connectivity index (χ2v) is 5.65. The highest BCUT2D eigenvalue weighted by Crippen LogP contribution is 2.24. The monoisotopic (exact) mass is 317 g/mol. The van der Waals surface area contributed by atoms with E-state index in [9.17, 15) is 0 Å². The van der Waals surface area contributed by atoms with E-state index in [-0.39, 0.29) is 5.41 Å². The molecule has 2 heteroatoms. The summed E-state index contributed by atoms with van der Waals surface area (Å²) in [6, 6.07) is 8.89. The Morgan fingerprint density at radius 2 is 1.80 bits per heavy atom. The Labute approximate surface area is 107 Å². The van der Waals surface area contributed by atoms with E-state index in [1.165, 1.54) is 11.1 Å². The molecule has 0 aliphatic carbocycles. The van der Waals surface area contributed by atoms with Gasteiger partial charge in [-0.25, -0.2) is 0 Å². The van der Waals surface area contributed by atoms with Gasteiger partial charge in [0.2, 0.25) is 0 Å². The fourth-order valence-corrected chi connectivity index (χ4v) is 1.98. The Balaban J connectivity index is 2.90. The van der Waals surface area contributed by atoms with E-state index in [4.69, 9.17) is 5.73 Å². The molecule has 0 fully saturated rings. The molecule has 0 heterocycles. The fourth-order valence-electron chi connectivity index (χ4n) is 1.47. The molecule has 0 saturated carbocycles. The Morgan fingerprint density at radius 3 is 2.20 bits per heavy atom. The summed E-state index contributed by atoms with van der Waals surface area (Å²) in [7, 11) is 0. The van der Waals surface area contributed by atoms with Crippen LogP contribution in [0.4, 0.5) is 0 Å². The largest absolute Gasteiger partial charge is 0.330 e. The van der Waals surface area contributed by atoms with E-state index in [0.717, 1.165) is 4.43 Å². The number of alkyl halides is 1. The number of hydrogen-bond donors (Lipinski definition) is 1. The minimum atomic E-state index is 0.0894. The molecule has 0 radical (unpaired) electrons. The van der Waals surface area contributed by atoms with Gasteiger partial charge in [-0.2, -0.15) is 0 Å². The first-order chi connectivity index (χ1) is 7.01. The van der Waals surface area contributed by atoms with Crippen LogP contribution in [0.3, 0.4) is 0 Å². The summed E-state index contributed by atoms with van der Waals surface area (Å²) in [5.74, 6) is 0.639. The van der Waals surface area contributed by atoms with Crippen LogP contribution in [-0.4, -0.2) is 11.0 Å². The molecule has 0 aliphatic rings. The normalized spacial score (nSPS) is 13.9. The van der Waals surface area contributed by atoms with Crippen molar-refractivity contribution in [3.63, 3.8) is 0 Å². The smallest absolute Gasteiger partial charge is 0.00616 e. The van der Waals surface area contributed by atoms with Crippen LogP contribution < -0.4 is 5.73 Å². The molecule has 1 unspecified atom stereocenters. The van der Waals surface area contributed by atoms with Crippen LogP contribution >= 0.6 is 22.6 Å². The summed E-state index contributed by atoms with van der Waals surface area (Å²) < 4.78 is 1.16. The van der Waals surface area contributed by atoms with Crippen molar-refractivity contribution in [3.05, 3.63) is 35.4 Å². The summed E-state index contributed by atoms with van der Waals surface area (Å²) in [5.41, 5.74) is 8.60. The molecule has 0 aliphatic heterocycles. The number of halogens is 1. The molecule has 0 spiro atoms. The lowest BCUT2D eigenvalue weighted by Crippen LogP contribution is -2.27. The van der Waals surface area contributed by atoms with Crippen molar-refractivity contribution in [1.82, 2.24) is 0 Å². The van der Waals surface area contributed by atoms with Gasteiger partial charge in [-0.3, -0.25) is 0 Å². The maximum Gasteiger partial charge on any atom is 0.00616 e. The lowest BCUT2D eigenvalue weighted by molar-refractivity contribution is 0.539. The van der Waals surface area contributed by atoms with Gasteiger partial charge in [-0.15, -0.1) is 0 Å². The minimum absolute atomic E-state index is 0.0894.